The van der Waals surface area contributed by atoms with Crippen molar-refractivity contribution in [2.75, 3.05) is 6.54 Å². The minimum Gasteiger partial charge on any atom is -0.480 e. The Morgan fingerprint density at radius 1 is 1.30 bits per heavy atom. The van der Waals surface area contributed by atoms with E-state index in [1.807, 2.05) is 13.0 Å². The molecule has 0 saturated carbocycles. The van der Waals surface area contributed by atoms with E-state index in [0.717, 1.165) is 17.3 Å². The second-order valence-corrected chi connectivity index (χ2v) is 7.85. The lowest BCUT2D eigenvalue weighted by Gasteiger charge is -2.28. The number of hydrogen-bond acceptors (Lipinski definition) is 4. The van der Waals surface area contributed by atoms with Gasteiger partial charge in [0, 0.05) is 11.6 Å². The number of amidine groups is 1. The maximum absolute atomic E-state index is 12.1. The molecule has 1 N–H and O–H groups in total. The zero-order chi connectivity index (χ0) is 20.0. The van der Waals surface area contributed by atoms with Gasteiger partial charge in [-0.05, 0) is 50.1 Å². The number of carbonyl (C=O) groups excluding carboxylic acids is 1. The number of carboxylic acid groups (broad SMARTS) is 1. The van der Waals surface area contributed by atoms with Crippen LogP contribution >= 0.6 is 23.4 Å². The fourth-order valence-corrected chi connectivity index (χ4v) is 3.78. The predicted octanol–water partition coefficient (Wildman–Crippen LogP) is 4.85. The van der Waals surface area contributed by atoms with Crippen molar-refractivity contribution in [2.45, 2.75) is 25.5 Å². The first kappa shape index (κ1) is 21.0. The van der Waals surface area contributed by atoms with E-state index in [1.165, 1.54) is 4.90 Å². The molecular formula is C20H21ClN2O3S. The second kappa shape index (κ2) is 9.06. The summed E-state index contributed by atoms with van der Waals surface area (Å²) in [5.74, 6) is -1.01. The van der Waals surface area contributed by atoms with Gasteiger partial charge in [-0.15, -0.1) is 0 Å². The maximum Gasteiger partial charge on any atom is 0.324 e. The number of rotatable bonds is 6. The standard InChI is InChI=1S/C20H21ClN2O3S/c1-4-23(13-24)19(22-17-11-10-16(21)12-14(17)2)27-20(3,18(25)26)15-8-6-5-7-9-15/h5-13H,4H2,1-3H3,(H,25,26). The van der Waals surface area contributed by atoms with E-state index in [2.05, 4.69) is 4.99 Å². The number of halogens is 1. The van der Waals surface area contributed by atoms with Gasteiger partial charge in [0.1, 0.15) is 4.75 Å². The van der Waals surface area contributed by atoms with Gasteiger partial charge >= 0.3 is 5.97 Å². The van der Waals surface area contributed by atoms with Crippen LogP contribution in [-0.4, -0.2) is 34.1 Å². The van der Waals surface area contributed by atoms with Crippen molar-refractivity contribution in [3.8, 4) is 0 Å². The van der Waals surface area contributed by atoms with Crippen LogP contribution in [0.15, 0.2) is 53.5 Å². The largest absolute Gasteiger partial charge is 0.480 e. The summed E-state index contributed by atoms with van der Waals surface area (Å²) in [5, 5.41) is 10.8. The fraction of sp³-hybridized carbons (Fsp3) is 0.250. The van der Waals surface area contributed by atoms with Crippen LogP contribution in [0.4, 0.5) is 5.69 Å². The van der Waals surface area contributed by atoms with Gasteiger partial charge in [-0.1, -0.05) is 53.7 Å². The normalized spacial score (nSPS) is 13.7. The molecule has 0 bridgehead atoms. The van der Waals surface area contributed by atoms with Gasteiger partial charge in [0.25, 0.3) is 0 Å². The van der Waals surface area contributed by atoms with Crippen LogP contribution in [0.1, 0.15) is 25.0 Å². The lowest BCUT2D eigenvalue weighted by Crippen LogP contribution is -2.35. The number of carboxylic acids is 1. The quantitative estimate of drug-likeness (QED) is 0.424. The number of aliphatic imine (C=N–C) groups is 1. The van der Waals surface area contributed by atoms with Crippen LogP contribution in [0.2, 0.25) is 5.02 Å². The van der Waals surface area contributed by atoms with Gasteiger partial charge in [0.15, 0.2) is 5.17 Å². The highest BCUT2D eigenvalue weighted by Gasteiger charge is 2.39. The minimum atomic E-state index is -1.31. The first-order valence-electron chi connectivity index (χ1n) is 8.36. The van der Waals surface area contributed by atoms with Crippen molar-refractivity contribution in [3.05, 3.63) is 64.7 Å². The van der Waals surface area contributed by atoms with Crippen molar-refractivity contribution < 1.29 is 14.7 Å². The molecule has 0 aromatic heterocycles. The van der Waals surface area contributed by atoms with Crippen molar-refractivity contribution in [1.82, 2.24) is 4.90 Å². The highest BCUT2D eigenvalue weighted by atomic mass is 35.5. The average Bonchev–Trinajstić information content (AvgIpc) is 2.65. The Bertz CT molecular complexity index is 858. The topological polar surface area (TPSA) is 70.0 Å². The molecule has 5 nitrogen and oxygen atoms in total. The summed E-state index contributed by atoms with van der Waals surface area (Å²) in [6.45, 7) is 5.64. The Balaban J connectivity index is 2.55. The minimum absolute atomic E-state index is 0.312. The summed E-state index contributed by atoms with van der Waals surface area (Å²) in [6.07, 6.45) is 0.657. The third kappa shape index (κ3) is 4.90. The fourth-order valence-electron chi connectivity index (χ4n) is 2.41. The average molecular weight is 405 g/mol. The molecule has 0 radical (unpaired) electrons. The van der Waals surface area contributed by atoms with Crippen LogP contribution in [0.3, 0.4) is 0 Å². The molecule has 2 aromatic rings. The zero-order valence-electron chi connectivity index (χ0n) is 15.3. The van der Waals surface area contributed by atoms with Gasteiger partial charge in [-0.3, -0.25) is 14.5 Å². The van der Waals surface area contributed by atoms with E-state index in [9.17, 15) is 14.7 Å². The third-order valence-corrected chi connectivity index (χ3v) is 5.68. The van der Waals surface area contributed by atoms with Crippen molar-refractivity contribution >= 4 is 46.6 Å². The Hall–Kier alpha value is -2.31. The summed E-state index contributed by atoms with van der Waals surface area (Å²) in [6, 6.07) is 14.1. The van der Waals surface area contributed by atoms with Crippen molar-refractivity contribution in [1.29, 1.82) is 0 Å². The predicted molar refractivity (Wildman–Crippen MR) is 111 cm³/mol. The van der Waals surface area contributed by atoms with Gasteiger partial charge < -0.3 is 5.11 Å². The molecule has 0 saturated heterocycles. The highest BCUT2D eigenvalue weighted by molar-refractivity contribution is 8.15. The summed E-state index contributed by atoms with van der Waals surface area (Å²) >= 11 is 7.03. The van der Waals surface area contributed by atoms with Crippen molar-refractivity contribution in [2.24, 2.45) is 4.99 Å². The van der Waals surface area contributed by atoms with Gasteiger partial charge in [-0.2, -0.15) is 0 Å². The number of carbonyl (C=O) groups is 2. The molecule has 0 heterocycles. The first-order valence-corrected chi connectivity index (χ1v) is 9.56. The Kier molecular flexibility index (Phi) is 7.05. The maximum atomic E-state index is 12.1. The summed E-state index contributed by atoms with van der Waals surface area (Å²) in [7, 11) is 0. The summed E-state index contributed by atoms with van der Waals surface area (Å²) in [5.41, 5.74) is 2.08. The molecule has 0 aliphatic heterocycles. The van der Waals surface area contributed by atoms with Crippen LogP contribution in [0.5, 0.6) is 0 Å². The first-order chi connectivity index (χ1) is 12.8. The number of amides is 1. The van der Waals surface area contributed by atoms with Crippen LogP contribution in [0, 0.1) is 6.92 Å². The molecule has 0 spiro atoms. The molecule has 1 unspecified atom stereocenters. The lowest BCUT2D eigenvalue weighted by molar-refractivity contribution is -0.139. The highest BCUT2D eigenvalue weighted by Crippen LogP contribution is 2.39. The van der Waals surface area contributed by atoms with E-state index >= 15 is 0 Å². The third-order valence-electron chi connectivity index (χ3n) is 4.12. The number of aryl methyl sites for hydroxylation is 1. The van der Waals surface area contributed by atoms with Gasteiger partial charge in [-0.25, -0.2) is 4.99 Å². The molecule has 1 amide bonds. The molecule has 0 aliphatic carbocycles. The molecule has 0 aliphatic rings. The number of benzene rings is 2. The van der Waals surface area contributed by atoms with E-state index < -0.39 is 10.7 Å². The zero-order valence-corrected chi connectivity index (χ0v) is 16.9. The SMILES string of the molecule is CCN(C=O)C(=Nc1ccc(Cl)cc1C)SC(C)(C(=O)O)c1ccccc1. The Morgan fingerprint density at radius 2 is 1.96 bits per heavy atom. The second-order valence-electron chi connectivity index (χ2n) is 6.02. The Labute approximate surface area is 168 Å². The molecule has 2 rings (SSSR count). The number of nitrogens with zero attached hydrogens (tertiary/aromatic N) is 2. The monoisotopic (exact) mass is 404 g/mol. The lowest BCUT2D eigenvalue weighted by atomic mass is 10.0. The van der Waals surface area contributed by atoms with Gasteiger partial charge in [0.05, 0.1) is 5.69 Å². The molecule has 0 fully saturated rings. The molecule has 7 heteroatoms. The number of hydrogen-bond donors (Lipinski definition) is 1. The molecule has 27 heavy (non-hydrogen) atoms. The smallest absolute Gasteiger partial charge is 0.324 e. The van der Waals surface area contributed by atoms with E-state index in [0.29, 0.717) is 34.4 Å². The summed E-state index contributed by atoms with van der Waals surface area (Å²) < 4.78 is -1.31. The van der Waals surface area contributed by atoms with Crippen molar-refractivity contribution in [3.63, 3.8) is 0 Å². The molecule has 142 valence electrons. The molecular weight excluding hydrogens is 384 g/mol. The summed E-state index contributed by atoms with van der Waals surface area (Å²) in [4.78, 5) is 29.7. The molecule has 2 aromatic carbocycles. The molecule has 1 atom stereocenters. The van der Waals surface area contributed by atoms with E-state index in [-0.39, 0.29) is 0 Å². The van der Waals surface area contributed by atoms with Crippen LogP contribution in [0.25, 0.3) is 0 Å². The van der Waals surface area contributed by atoms with Gasteiger partial charge in [0.2, 0.25) is 6.41 Å². The number of aliphatic carboxylic acids is 1. The van der Waals surface area contributed by atoms with Crippen LogP contribution < -0.4 is 0 Å². The number of thioether (sulfide) groups is 1. The van der Waals surface area contributed by atoms with E-state index in [4.69, 9.17) is 11.6 Å². The van der Waals surface area contributed by atoms with Crippen LogP contribution in [-0.2, 0) is 14.3 Å². The van der Waals surface area contributed by atoms with E-state index in [1.54, 1.807) is 56.3 Å². The Morgan fingerprint density at radius 3 is 2.48 bits per heavy atom.